The first-order chi connectivity index (χ1) is 7.69. The summed E-state index contributed by atoms with van der Waals surface area (Å²) in [6.07, 6.45) is 0.516. The normalized spacial score (nSPS) is 9.88. The van der Waals surface area contributed by atoms with Crippen molar-refractivity contribution in [1.29, 1.82) is 0 Å². The van der Waals surface area contributed by atoms with Gasteiger partial charge in [-0.1, -0.05) is 0 Å². The first-order valence-electron chi connectivity index (χ1n) is 4.90. The van der Waals surface area contributed by atoms with Gasteiger partial charge in [0.25, 0.3) is 0 Å². The Balaban J connectivity index is 2.78. The van der Waals surface area contributed by atoms with E-state index in [0.29, 0.717) is 30.0 Å². The molecular formula is C11H15NO4. The van der Waals surface area contributed by atoms with Gasteiger partial charge in [0.05, 0.1) is 25.0 Å². The molecule has 0 aromatic heterocycles. The largest absolute Gasteiger partial charge is 0.491 e. The summed E-state index contributed by atoms with van der Waals surface area (Å²) >= 11 is 0. The zero-order chi connectivity index (χ0) is 12.0. The molecule has 5 nitrogen and oxygen atoms in total. The molecule has 0 amide bonds. The maximum absolute atomic E-state index is 11.2. The third-order valence-electron chi connectivity index (χ3n) is 1.99. The molecule has 1 aromatic rings. The number of nitrogens with two attached hydrogens (primary N) is 1. The van der Waals surface area contributed by atoms with Gasteiger partial charge in [-0.05, 0) is 18.2 Å². The van der Waals surface area contributed by atoms with Gasteiger partial charge in [-0.3, -0.25) is 0 Å². The smallest absolute Gasteiger partial charge is 0.337 e. The van der Waals surface area contributed by atoms with Gasteiger partial charge in [-0.15, -0.1) is 0 Å². The first kappa shape index (κ1) is 12.3. The molecule has 0 atom stereocenters. The lowest BCUT2D eigenvalue weighted by atomic mass is 10.2. The number of hydrogen-bond acceptors (Lipinski definition) is 5. The summed E-state index contributed by atoms with van der Waals surface area (Å²) in [6.45, 7) is 0.405. The minimum Gasteiger partial charge on any atom is -0.491 e. The third kappa shape index (κ3) is 3.13. The van der Waals surface area contributed by atoms with Crippen molar-refractivity contribution in [1.82, 2.24) is 0 Å². The molecular weight excluding hydrogens is 210 g/mol. The molecule has 1 rings (SSSR count). The Bertz CT molecular complexity index is 365. The Morgan fingerprint density at radius 3 is 2.88 bits per heavy atom. The molecule has 0 bridgehead atoms. The standard InChI is InChI=1S/C11H15NO4/c1-15-11(14)8-3-4-9(12)10(7-8)16-6-2-5-13/h3-4,7,13H,2,5-6,12H2,1H3. The average Bonchev–Trinajstić information content (AvgIpc) is 2.31. The highest BCUT2D eigenvalue weighted by atomic mass is 16.5. The molecule has 1 aromatic carbocycles. The summed E-state index contributed by atoms with van der Waals surface area (Å²) in [5, 5.41) is 8.61. The van der Waals surface area contributed by atoms with E-state index >= 15 is 0 Å². The van der Waals surface area contributed by atoms with Crippen LogP contribution in [-0.4, -0.2) is 31.4 Å². The second kappa shape index (κ2) is 5.97. The second-order valence-electron chi connectivity index (χ2n) is 3.17. The molecule has 0 radical (unpaired) electrons. The van der Waals surface area contributed by atoms with Crippen molar-refractivity contribution in [2.45, 2.75) is 6.42 Å². The molecule has 0 heterocycles. The fourth-order valence-electron chi connectivity index (χ4n) is 1.15. The van der Waals surface area contributed by atoms with E-state index in [0.717, 1.165) is 0 Å². The van der Waals surface area contributed by atoms with Crippen molar-refractivity contribution in [2.24, 2.45) is 0 Å². The van der Waals surface area contributed by atoms with Crippen molar-refractivity contribution in [3.8, 4) is 5.75 Å². The number of rotatable bonds is 5. The first-order valence-corrected chi connectivity index (χ1v) is 4.90. The molecule has 0 fully saturated rings. The van der Waals surface area contributed by atoms with Crippen molar-refractivity contribution < 1.29 is 19.4 Å². The van der Waals surface area contributed by atoms with Gasteiger partial charge in [0.15, 0.2) is 0 Å². The highest BCUT2D eigenvalue weighted by molar-refractivity contribution is 5.90. The maximum Gasteiger partial charge on any atom is 0.337 e. The van der Waals surface area contributed by atoms with E-state index in [1.54, 1.807) is 12.1 Å². The van der Waals surface area contributed by atoms with Gasteiger partial charge < -0.3 is 20.3 Å². The van der Waals surface area contributed by atoms with Gasteiger partial charge in [0, 0.05) is 13.0 Å². The van der Waals surface area contributed by atoms with Crippen molar-refractivity contribution in [3.05, 3.63) is 23.8 Å². The quantitative estimate of drug-likeness (QED) is 0.440. The van der Waals surface area contributed by atoms with E-state index < -0.39 is 5.97 Å². The van der Waals surface area contributed by atoms with Gasteiger partial charge >= 0.3 is 5.97 Å². The summed E-state index contributed by atoms with van der Waals surface area (Å²) < 4.78 is 9.90. The second-order valence-corrected chi connectivity index (χ2v) is 3.17. The van der Waals surface area contributed by atoms with Crippen LogP contribution in [-0.2, 0) is 4.74 Å². The summed E-state index contributed by atoms with van der Waals surface area (Å²) in [5.74, 6) is -0.0108. The van der Waals surface area contributed by atoms with E-state index in [4.69, 9.17) is 15.6 Å². The van der Waals surface area contributed by atoms with Gasteiger partial charge in [-0.2, -0.15) is 0 Å². The van der Waals surface area contributed by atoms with Crippen LogP contribution in [0.2, 0.25) is 0 Å². The zero-order valence-electron chi connectivity index (χ0n) is 9.10. The number of hydrogen-bond donors (Lipinski definition) is 2. The van der Waals surface area contributed by atoms with E-state index in [1.165, 1.54) is 13.2 Å². The van der Waals surface area contributed by atoms with Gasteiger partial charge in [0.1, 0.15) is 5.75 Å². The molecule has 16 heavy (non-hydrogen) atoms. The Labute approximate surface area is 93.8 Å². The number of esters is 1. The number of benzene rings is 1. The predicted octanol–water partition coefficient (Wildman–Crippen LogP) is 0.817. The number of aliphatic hydroxyl groups excluding tert-OH is 1. The van der Waals surface area contributed by atoms with E-state index in [1.807, 2.05) is 0 Å². The third-order valence-corrected chi connectivity index (χ3v) is 1.99. The molecule has 0 saturated carbocycles. The van der Waals surface area contributed by atoms with Crippen LogP contribution in [0.5, 0.6) is 5.75 Å². The fourth-order valence-corrected chi connectivity index (χ4v) is 1.15. The van der Waals surface area contributed by atoms with Crippen LogP contribution in [0.4, 0.5) is 5.69 Å². The minimum atomic E-state index is -0.438. The van der Waals surface area contributed by atoms with Crippen LogP contribution in [0.1, 0.15) is 16.8 Å². The predicted molar refractivity (Wildman–Crippen MR) is 59.4 cm³/mol. The van der Waals surface area contributed by atoms with Crippen molar-refractivity contribution >= 4 is 11.7 Å². The molecule has 0 unspecified atom stereocenters. The molecule has 5 heteroatoms. The number of ether oxygens (including phenoxy) is 2. The van der Waals surface area contributed by atoms with Gasteiger partial charge in [-0.25, -0.2) is 4.79 Å². The van der Waals surface area contributed by atoms with Crippen LogP contribution in [0.3, 0.4) is 0 Å². The minimum absolute atomic E-state index is 0.0522. The van der Waals surface area contributed by atoms with Crippen LogP contribution < -0.4 is 10.5 Å². The monoisotopic (exact) mass is 225 g/mol. The molecule has 0 aliphatic rings. The topological polar surface area (TPSA) is 81.8 Å². The number of nitrogen functional groups attached to an aromatic ring is 1. The van der Waals surface area contributed by atoms with Crippen molar-refractivity contribution in [2.75, 3.05) is 26.1 Å². The lowest BCUT2D eigenvalue weighted by molar-refractivity contribution is 0.0600. The zero-order valence-corrected chi connectivity index (χ0v) is 9.10. The van der Waals surface area contributed by atoms with Crippen molar-refractivity contribution in [3.63, 3.8) is 0 Å². The molecule has 0 saturated heterocycles. The van der Waals surface area contributed by atoms with E-state index in [2.05, 4.69) is 4.74 Å². The van der Waals surface area contributed by atoms with Gasteiger partial charge in [0.2, 0.25) is 0 Å². The number of methoxy groups -OCH3 is 1. The van der Waals surface area contributed by atoms with Crippen LogP contribution in [0, 0.1) is 0 Å². The number of anilines is 1. The van der Waals surface area contributed by atoms with E-state index in [9.17, 15) is 4.79 Å². The maximum atomic E-state index is 11.2. The summed E-state index contributed by atoms with van der Waals surface area (Å²) in [7, 11) is 1.31. The highest BCUT2D eigenvalue weighted by Gasteiger charge is 2.08. The molecule has 0 aliphatic heterocycles. The Morgan fingerprint density at radius 1 is 1.50 bits per heavy atom. The Morgan fingerprint density at radius 2 is 2.25 bits per heavy atom. The molecule has 0 aliphatic carbocycles. The summed E-state index contributed by atoms with van der Waals surface area (Å²) in [6, 6.07) is 4.68. The summed E-state index contributed by atoms with van der Waals surface area (Å²) in [5.41, 5.74) is 6.51. The summed E-state index contributed by atoms with van der Waals surface area (Å²) in [4.78, 5) is 11.2. The molecule has 0 spiro atoms. The van der Waals surface area contributed by atoms with Crippen LogP contribution in [0.15, 0.2) is 18.2 Å². The number of carbonyl (C=O) groups is 1. The molecule has 3 N–H and O–H groups in total. The SMILES string of the molecule is COC(=O)c1ccc(N)c(OCCCO)c1. The Hall–Kier alpha value is -1.75. The number of aliphatic hydroxyl groups is 1. The lowest BCUT2D eigenvalue weighted by Gasteiger charge is -2.09. The lowest BCUT2D eigenvalue weighted by Crippen LogP contribution is -2.05. The average molecular weight is 225 g/mol. The molecule has 88 valence electrons. The fraction of sp³-hybridized carbons (Fsp3) is 0.364. The number of carbonyl (C=O) groups excluding carboxylic acids is 1. The Kier molecular flexibility index (Phi) is 4.60. The van der Waals surface area contributed by atoms with Crippen LogP contribution in [0.25, 0.3) is 0 Å². The van der Waals surface area contributed by atoms with Crippen LogP contribution >= 0.6 is 0 Å². The highest BCUT2D eigenvalue weighted by Crippen LogP contribution is 2.23. The van der Waals surface area contributed by atoms with E-state index in [-0.39, 0.29) is 6.61 Å².